The van der Waals surface area contributed by atoms with E-state index in [1.165, 1.54) is 18.4 Å². The van der Waals surface area contributed by atoms with E-state index in [0.717, 1.165) is 43.2 Å². The molecule has 7 heteroatoms. The fourth-order valence-electron chi connectivity index (χ4n) is 6.20. The standard InChI is InChI=1S/C29H36N2O4S/c1-27(2,3)35-24(32)13-16-31-25(33)29(30-26(31)36)23-17-20(8-7-19-5-6-19)9-10-21(23)18-28(29)14-11-22(34-4)12-15-28/h9-10,17,19,22H,5-6,11-16,18H2,1-4H3,(H,30,36). The van der Waals surface area contributed by atoms with Crippen LogP contribution < -0.4 is 5.32 Å². The molecule has 0 aromatic heterocycles. The minimum Gasteiger partial charge on any atom is -0.460 e. The second kappa shape index (κ2) is 9.15. The topological polar surface area (TPSA) is 67.9 Å². The molecule has 1 saturated heterocycles. The summed E-state index contributed by atoms with van der Waals surface area (Å²) >= 11 is 5.73. The second-order valence-corrected chi connectivity index (χ2v) is 12.2. The molecule has 0 bridgehead atoms. The molecule has 1 unspecified atom stereocenters. The van der Waals surface area contributed by atoms with Crippen LogP contribution in [0.5, 0.6) is 0 Å². The van der Waals surface area contributed by atoms with Crippen molar-refractivity contribution in [3.05, 3.63) is 34.9 Å². The van der Waals surface area contributed by atoms with Gasteiger partial charge in [0.25, 0.3) is 5.91 Å². The summed E-state index contributed by atoms with van der Waals surface area (Å²) in [5.74, 6) is 6.79. The quantitative estimate of drug-likeness (QED) is 0.373. The van der Waals surface area contributed by atoms with Crippen LogP contribution in [-0.4, -0.2) is 47.2 Å². The van der Waals surface area contributed by atoms with Crippen molar-refractivity contribution in [2.75, 3.05) is 13.7 Å². The molecule has 1 amide bonds. The van der Waals surface area contributed by atoms with Crippen molar-refractivity contribution in [3.63, 3.8) is 0 Å². The van der Waals surface area contributed by atoms with Crippen molar-refractivity contribution in [3.8, 4) is 11.8 Å². The third-order valence-electron chi connectivity index (χ3n) is 8.12. The molecule has 5 rings (SSSR count). The zero-order valence-corrected chi connectivity index (χ0v) is 22.6. The Morgan fingerprint density at radius 2 is 1.94 bits per heavy atom. The molecule has 1 N–H and O–H groups in total. The number of ether oxygens (including phenoxy) is 2. The van der Waals surface area contributed by atoms with Crippen LogP contribution in [0, 0.1) is 23.2 Å². The number of hydrogen-bond acceptors (Lipinski definition) is 5. The molecule has 36 heavy (non-hydrogen) atoms. The van der Waals surface area contributed by atoms with Crippen molar-refractivity contribution >= 4 is 29.2 Å². The van der Waals surface area contributed by atoms with Gasteiger partial charge in [-0.1, -0.05) is 17.9 Å². The summed E-state index contributed by atoms with van der Waals surface area (Å²) in [5, 5.41) is 3.91. The highest BCUT2D eigenvalue weighted by Gasteiger charge is 2.67. The molecular formula is C29H36N2O4S. The lowest BCUT2D eigenvalue weighted by Gasteiger charge is -2.46. The summed E-state index contributed by atoms with van der Waals surface area (Å²) < 4.78 is 11.1. The molecule has 192 valence electrons. The van der Waals surface area contributed by atoms with Gasteiger partial charge in [-0.05, 0) is 101 Å². The minimum atomic E-state index is -0.941. The van der Waals surface area contributed by atoms with Crippen molar-refractivity contribution in [1.82, 2.24) is 10.2 Å². The number of amides is 1. The van der Waals surface area contributed by atoms with Gasteiger partial charge in [0, 0.05) is 30.6 Å². The average molecular weight is 509 g/mol. The van der Waals surface area contributed by atoms with Crippen LogP contribution in [0.2, 0.25) is 0 Å². The monoisotopic (exact) mass is 508 g/mol. The third kappa shape index (κ3) is 4.43. The fraction of sp³-hybridized carbons (Fsp3) is 0.621. The Hall–Kier alpha value is -2.43. The molecule has 6 nitrogen and oxygen atoms in total. The van der Waals surface area contributed by atoms with E-state index in [1.54, 1.807) is 12.0 Å². The normalized spacial score (nSPS) is 29.2. The first-order chi connectivity index (χ1) is 17.1. The van der Waals surface area contributed by atoms with Crippen molar-refractivity contribution in [1.29, 1.82) is 0 Å². The van der Waals surface area contributed by atoms with E-state index in [0.29, 0.717) is 11.0 Å². The Morgan fingerprint density at radius 3 is 2.58 bits per heavy atom. The Bertz CT molecular complexity index is 1150. The van der Waals surface area contributed by atoms with E-state index < -0.39 is 11.1 Å². The first-order valence-corrected chi connectivity index (χ1v) is 13.5. The van der Waals surface area contributed by atoms with Gasteiger partial charge in [0.1, 0.15) is 5.60 Å². The number of methoxy groups -OCH3 is 1. The van der Waals surface area contributed by atoms with Crippen LogP contribution in [-0.2, 0) is 31.0 Å². The van der Waals surface area contributed by atoms with Gasteiger partial charge >= 0.3 is 5.97 Å². The highest BCUT2D eigenvalue weighted by Crippen LogP contribution is 2.60. The molecule has 4 aliphatic rings. The van der Waals surface area contributed by atoms with E-state index in [4.69, 9.17) is 21.7 Å². The molecule has 1 heterocycles. The van der Waals surface area contributed by atoms with Crippen LogP contribution in [0.15, 0.2) is 18.2 Å². The maximum atomic E-state index is 14.4. The number of benzene rings is 1. The molecule has 3 aliphatic carbocycles. The highest BCUT2D eigenvalue weighted by atomic mass is 32.1. The lowest BCUT2D eigenvalue weighted by molar-refractivity contribution is -0.155. The van der Waals surface area contributed by atoms with Crippen LogP contribution in [0.25, 0.3) is 0 Å². The highest BCUT2D eigenvalue weighted by molar-refractivity contribution is 7.80. The number of carbonyl (C=O) groups is 2. The van der Waals surface area contributed by atoms with Gasteiger partial charge in [-0.2, -0.15) is 0 Å². The summed E-state index contributed by atoms with van der Waals surface area (Å²) in [6, 6.07) is 6.33. The number of fused-ring (bicyclic) bond motifs is 3. The van der Waals surface area contributed by atoms with Gasteiger partial charge in [0.2, 0.25) is 0 Å². The van der Waals surface area contributed by atoms with E-state index in [9.17, 15) is 9.59 Å². The Labute approximate surface area is 219 Å². The zero-order chi connectivity index (χ0) is 25.7. The summed E-state index contributed by atoms with van der Waals surface area (Å²) in [6.07, 6.45) is 7.01. The SMILES string of the molecule is COC1CCC2(CC1)Cc1ccc(C#CC3CC3)cc1C21NC(=S)N(CCC(=O)OC(C)(C)C)C1=O. The van der Waals surface area contributed by atoms with Crippen molar-refractivity contribution < 1.29 is 19.1 Å². The van der Waals surface area contributed by atoms with E-state index >= 15 is 0 Å². The maximum Gasteiger partial charge on any atom is 0.308 e. The van der Waals surface area contributed by atoms with Gasteiger partial charge in [0.15, 0.2) is 10.7 Å². The predicted molar refractivity (Wildman–Crippen MR) is 141 cm³/mol. The van der Waals surface area contributed by atoms with Gasteiger partial charge < -0.3 is 14.8 Å². The molecule has 1 aromatic rings. The van der Waals surface area contributed by atoms with E-state index in [2.05, 4.69) is 35.4 Å². The number of hydrogen-bond donors (Lipinski definition) is 1. The fourth-order valence-corrected chi connectivity index (χ4v) is 6.53. The molecule has 2 spiro atoms. The van der Waals surface area contributed by atoms with Gasteiger partial charge in [-0.3, -0.25) is 14.5 Å². The molecule has 1 atom stereocenters. The largest absolute Gasteiger partial charge is 0.460 e. The predicted octanol–water partition coefficient (Wildman–Crippen LogP) is 4.22. The molecule has 1 aliphatic heterocycles. The van der Waals surface area contributed by atoms with Crippen molar-refractivity contribution in [2.45, 2.75) is 89.4 Å². The summed E-state index contributed by atoms with van der Waals surface area (Å²) in [5.41, 5.74) is 1.31. The van der Waals surface area contributed by atoms with E-state index in [-0.39, 0.29) is 36.4 Å². The van der Waals surface area contributed by atoms with Gasteiger partial charge in [0.05, 0.1) is 12.5 Å². The number of rotatable bonds is 4. The molecule has 2 saturated carbocycles. The molecule has 3 fully saturated rings. The third-order valence-corrected chi connectivity index (χ3v) is 8.45. The number of nitrogens with one attached hydrogen (secondary N) is 1. The smallest absolute Gasteiger partial charge is 0.308 e. The molecule has 0 radical (unpaired) electrons. The first kappa shape index (κ1) is 25.2. The van der Waals surface area contributed by atoms with Crippen LogP contribution in [0.4, 0.5) is 0 Å². The Morgan fingerprint density at radius 1 is 1.22 bits per heavy atom. The Balaban J connectivity index is 1.49. The minimum absolute atomic E-state index is 0.0574. The second-order valence-electron chi connectivity index (χ2n) is 11.8. The summed E-state index contributed by atoms with van der Waals surface area (Å²) in [4.78, 5) is 28.4. The molecular weight excluding hydrogens is 472 g/mol. The average Bonchev–Trinajstić information content (AvgIpc) is 3.57. The van der Waals surface area contributed by atoms with Gasteiger partial charge in [-0.15, -0.1) is 0 Å². The number of carbonyl (C=O) groups excluding carboxylic acids is 2. The van der Waals surface area contributed by atoms with Gasteiger partial charge in [-0.25, -0.2) is 0 Å². The Kier molecular flexibility index (Phi) is 6.41. The first-order valence-electron chi connectivity index (χ1n) is 13.1. The zero-order valence-electron chi connectivity index (χ0n) is 21.7. The summed E-state index contributed by atoms with van der Waals surface area (Å²) in [6.45, 7) is 5.72. The van der Waals surface area contributed by atoms with Crippen LogP contribution in [0.1, 0.15) is 82.4 Å². The number of thiocarbonyl (C=S) groups is 1. The molecule has 1 aromatic carbocycles. The van der Waals surface area contributed by atoms with E-state index in [1.807, 2.05) is 20.8 Å². The number of esters is 1. The van der Waals surface area contributed by atoms with Crippen LogP contribution in [0.3, 0.4) is 0 Å². The lowest BCUT2D eigenvalue weighted by Crippen LogP contribution is -2.56. The lowest BCUT2D eigenvalue weighted by atomic mass is 9.61. The number of nitrogens with zero attached hydrogens (tertiary/aromatic N) is 1. The van der Waals surface area contributed by atoms with Crippen LogP contribution >= 0.6 is 12.2 Å². The maximum absolute atomic E-state index is 14.4. The van der Waals surface area contributed by atoms with Crippen molar-refractivity contribution in [2.24, 2.45) is 11.3 Å². The summed E-state index contributed by atoms with van der Waals surface area (Å²) in [7, 11) is 1.76.